The van der Waals surface area contributed by atoms with Crippen molar-refractivity contribution in [2.75, 3.05) is 4.90 Å². The van der Waals surface area contributed by atoms with Gasteiger partial charge in [0.2, 0.25) is 0 Å². The fraction of sp³-hybridized carbons (Fsp3) is 0. The van der Waals surface area contributed by atoms with Gasteiger partial charge in [-0.2, -0.15) is 0 Å². The minimum atomic E-state index is -0.626. The molecule has 0 saturated carbocycles. The molecule has 0 aromatic heterocycles. The van der Waals surface area contributed by atoms with Crippen molar-refractivity contribution in [2.24, 2.45) is 0 Å². The Labute approximate surface area is 159 Å². The van der Waals surface area contributed by atoms with Crippen molar-refractivity contribution in [3.05, 3.63) is 94.5 Å². The third-order valence-corrected chi connectivity index (χ3v) is 4.41. The van der Waals surface area contributed by atoms with Gasteiger partial charge in [0.1, 0.15) is 5.75 Å². The molecule has 1 aliphatic rings. The van der Waals surface area contributed by atoms with Crippen LogP contribution in [0, 0.1) is 0 Å². The van der Waals surface area contributed by atoms with Gasteiger partial charge in [0, 0.05) is 5.02 Å². The number of para-hydroxylation sites is 1. The van der Waals surface area contributed by atoms with Crippen LogP contribution in [0.25, 0.3) is 0 Å². The van der Waals surface area contributed by atoms with Crippen LogP contribution in [-0.2, 0) is 0 Å². The highest BCUT2D eigenvalue weighted by atomic mass is 35.5. The Morgan fingerprint density at radius 1 is 0.815 bits per heavy atom. The largest absolute Gasteiger partial charge is 0.423 e. The zero-order chi connectivity index (χ0) is 19.0. The maximum Gasteiger partial charge on any atom is 0.343 e. The number of imide groups is 1. The van der Waals surface area contributed by atoms with Crippen LogP contribution in [0.3, 0.4) is 0 Å². The van der Waals surface area contributed by atoms with Crippen LogP contribution < -0.4 is 9.64 Å². The lowest BCUT2D eigenvalue weighted by atomic mass is 10.1. The van der Waals surface area contributed by atoms with Crippen LogP contribution in [0.2, 0.25) is 5.02 Å². The lowest BCUT2D eigenvalue weighted by molar-refractivity contribution is 0.0734. The van der Waals surface area contributed by atoms with Gasteiger partial charge in [0.25, 0.3) is 11.8 Å². The van der Waals surface area contributed by atoms with Gasteiger partial charge in [0.05, 0.1) is 22.4 Å². The lowest BCUT2D eigenvalue weighted by Crippen LogP contribution is -2.29. The average molecular weight is 378 g/mol. The van der Waals surface area contributed by atoms with Gasteiger partial charge in [-0.1, -0.05) is 29.8 Å². The normalized spacial score (nSPS) is 12.9. The van der Waals surface area contributed by atoms with Gasteiger partial charge in [-0.3, -0.25) is 9.59 Å². The minimum absolute atomic E-state index is 0.175. The first-order valence-electron chi connectivity index (χ1n) is 8.10. The molecule has 3 aromatic rings. The number of hydrogen-bond donors (Lipinski definition) is 0. The summed E-state index contributed by atoms with van der Waals surface area (Å²) < 4.78 is 5.28. The number of esters is 1. The summed E-state index contributed by atoms with van der Waals surface area (Å²) in [7, 11) is 0. The Kier molecular flexibility index (Phi) is 4.22. The summed E-state index contributed by atoms with van der Waals surface area (Å²) in [5, 5.41) is 0.525. The second-order valence-corrected chi connectivity index (χ2v) is 6.32. The Hall–Kier alpha value is -3.44. The maximum atomic E-state index is 12.7. The number of anilines is 1. The number of rotatable bonds is 3. The van der Waals surface area contributed by atoms with Crippen molar-refractivity contribution in [3.63, 3.8) is 0 Å². The van der Waals surface area contributed by atoms with Crippen molar-refractivity contribution in [2.45, 2.75) is 0 Å². The van der Waals surface area contributed by atoms with E-state index in [0.29, 0.717) is 16.5 Å². The highest BCUT2D eigenvalue weighted by Gasteiger charge is 2.37. The number of halogens is 1. The molecular formula is C21H12ClNO4. The summed E-state index contributed by atoms with van der Waals surface area (Å²) in [4.78, 5) is 38.8. The highest BCUT2D eigenvalue weighted by Crippen LogP contribution is 2.29. The molecule has 1 heterocycles. The summed E-state index contributed by atoms with van der Waals surface area (Å²) >= 11 is 5.81. The molecule has 0 bridgehead atoms. The SMILES string of the molecule is O=C(Oc1ccc(Cl)cc1)c1ccc2c(c1)C(=O)N(c1ccccc1)C2=O. The van der Waals surface area contributed by atoms with Crippen molar-refractivity contribution in [1.82, 2.24) is 0 Å². The van der Waals surface area contributed by atoms with E-state index in [4.69, 9.17) is 16.3 Å². The van der Waals surface area contributed by atoms with E-state index >= 15 is 0 Å². The van der Waals surface area contributed by atoms with Crippen molar-refractivity contribution in [3.8, 4) is 5.75 Å². The predicted octanol–water partition coefficient (Wildman–Crippen LogP) is 4.36. The van der Waals surface area contributed by atoms with Crippen LogP contribution in [0.5, 0.6) is 5.75 Å². The molecule has 0 saturated heterocycles. The molecule has 0 radical (unpaired) electrons. The number of carbonyl (C=O) groups excluding carboxylic acids is 3. The molecule has 0 atom stereocenters. The third kappa shape index (κ3) is 3.09. The Bertz CT molecular complexity index is 1060. The van der Waals surface area contributed by atoms with Crippen LogP contribution >= 0.6 is 11.6 Å². The number of ether oxygens (including phenoxy) is 1. The zero-order valence-electron chi connectivity index (χ0n) is 13.9. The molecule has 3 aromatic carbocycles. The van der Waals surface area contributed by atoms with Crippen LogP contribution in [0.1, 0.15) is 31.1 Å². The van der Waals surface area contributed by atoms with Gasteiger partial charge >= 0.3 is 5.97 Å². The number of benzene rings is 3. The molecule has 4 rings (SSSR count). The first-order valence-corrected chi connectivity index (χ1v) is 8.48. The second kappa shape index (κ2) is 6.70. The van der Waals surface area contributed by atoms with Gasteiger partial charge < -0.3 is 4.74 Å². The summed E-state index contributed by atoms with van der Waals surface area (Å²) in [5.41, 5.74) is 1.09. The molecule has 0 fully saturated rings. The standard InChI is InChI=1S/C21H12ClNO4/c22-14-7-9-16(10-8-14)27-21(26)13-6-11-17-18(12-13)20(25)23(19(17)24)15-4-2-1-3-5-15/h1-12H. The molecular weight excluding hydrogens is 366 g/mol. The Balaban J connectivity index is 1.63. The second-order valence-electron chi connectivity index (χ2n) is 5.89. The van der Waals surface area contributed by atoms with E-state index in [1.165, 1.54) is 18.2 Å². The van der Waals surface area contributed by atoms with Crippen molar-refractivity contribution < 1.29 is 19.1 Å². The minimum Gasteiger partial charge on any atom is -0.423 e. The average Bonchev–Trinajstić information content (AvgIpc) is 2.94. The first kappa shape index (κ1) is 17.0. The molecule has 1 aliphatic heterocycles. The summed E-state index contributed by atoms with van der Waals surface area (Å²) in [6, 6.07) is 19.3. The smallest absolute Gasteiger partial charge is 0.343 e. The fourth-order valence-corrected chi connectivity index (χ4v) is 2.97. The maximum absolute atomic E-state index is 12.7. The quantitative estimate of drug-likeness (QED) is 0.386. The molecule has 5 nitrogen and oxygen atoms in total. The molecule has 0 unspecified atom stereocenters. The van der Waals surface area contributed by atoms with Gasteiger partial charge in [0.15, 0.2) is 0 Å². The molecule has 0 N–H and O–H groups in total. The van der Waals surface area contributed by atoms with Gasteiger partial charge in [-0.15, -0.1) is 0 Å². The van der Waals surface area contributed by atoms with Crippen molar-refractivity contribution in [1.29, 1.82) is 0 Å². The third-order valence-electron chi connectivity index (χ3n) is 4.16. The zero-order valence-corrected chi connectivity index (χ0v) is 14.6. The van der Waals surface area contributed by atoms with E-state index in [2.05, 4.69) is 0 Å². The number of hydrogen-bond acceptors (Lipinski definition) is 4. The molecule has 27 heavy (non-hydrogen) atoms. The van der Waals surface area contributed by atoms with E-state index in [9.17, 15) is 14.4 Å². The van der Waals surface area contributed by atoms with Crippen LogP contribution in [0.15, 0.2) is 72.8 Å². The number of carbonyl (C=O) groups is 3. The Morgan fingerprint density at radius 3 is 2.19 bits per heavy atom. The van der Waals surface area contributed by atoms with E-state index < -0.39 is 17.8 Å². The molecule has 0 aliphatic carbocycles. The van der Waals surface area contributed by atoms with Crippen LogP contribution in [-0.4, -0.2) is 17.8 Å². The van der Waals surface area contributed by atoms with E-state index in [1.807, 2.05) is 0 Å². The fourth-order valence-electron chi connectivity index (χ4n) is 2.85. The first-order chi connectivity index (χ1) is 13.0. The molecule has 2 amide bonds. The number of amides is 2. The summed E-state index contributed by atoms with van der Waals surface area (Å²) in [5.74, 6) is -1.18. The van der Waals surface area contributed by atoms with E-state index in [1.54, 1.807) is 54.6 Å². The molecule has 6 heteroatoms. The van der Waals surface area contributed by atoms with Crippen molar-refractivity contribution >= 4 is 35.1 Å². The predicted molar refractivity (Wildman–Crippen MR) is 100 cm³/mol. The Morgan fingerprint density at radius 2 is 1.48 bits per heavy atom. The summed E-state index contributed by atoms with van der Waals surface area (Å²) in [6.45, 7) is 0. The van der Waals surface area contributed by atoms with E-state index in [0.717, 1.165) is 4.90 Å². The highest BCUT2D eigenvalue weighted by molar-refractivity contribution is 6.34. The number of fused-ring (bicyclic) bond motifs is 1. The molecule has 132 valence electrons. The monoisotopic (exact) mass is 377 g/mol. The van der Waals surface area contributed by atoms with Gasteiger partial charge in [-0.25, -0.2) is 9.69 Å². The van der Waals surface area contributed by atoms with Gasteiger partial charge in [-0.05, 0) is 54.6 Å². The molecule has 0 spiro atoms. The van der Waals surface area contributed by atoms with E-state index in [-0.39, 0.29) is 16.7 Å². The lowest BCUT2D eigenvalue weighted by Gasteiger charge is -2.13. The summed E-state index contributed by atoms with van der Waals surface area (Å²) in [6.07, 6.45) is 0. The topological polar surface area (TPSA) is 63.7 Å². The van der Waals surface area contributed by atoms with Crippen LogP contribution in [0.4, 0.5) is 5.69 Å². The number of nitrogens with zero attached hydrogens (tertiary/aromatic N) is 1.